The number of morpholine rings is 1. The second-order valence-corrected chi connectivity index (χ2v) is 6.73. The molecule has 0 spiro atoms. The fourth-order valence-corrected chi connectivity index (χ4v) is 3.52. The minimum atomic E-state index is -0.0809. The van der Waals surface area contributed by atoms with E-state index in [0.717, 1.165) is 48.0 Å². The molecular weight excluding hydrogens is 314 g/mol. The van der Waals surface area contributed by atoms with Crippen LogP contribution < -0.4 is 15.0 Å². The molecule has 23 heavy (non-hydrogen) atoms. The van der Waals surface area contributed by atoms with Gasteiger partial charge in [0.2, 0.25) is 5.91 Å². The molecule has 1 N–H and O–H groups in total. The Bertz CT molecular complexity index is 708. The number of rotatable bonds is 4. The van der Waals surface area contributed by atoms with E-state index in [9.17, 15) is 4.79 Å². The minimum absolute atomic E-state index is 0.0315. The number of aromatic nitrogens is 1. The third kappa shape index (κ3) is 3.25. The molecule has 0 atom stereocenters. The highest BCUT2D eigenvalue weighted by molar-refractivity contribution is 7.23. The molecule has 2 heterocycles. The van der Waals surface area contributed by atoms with Gasteiger partial charge in [-0.15, -0.1) is 0 Å². The van der Waals surface area contributed by atoms with Gasteiger partial charge in [-0.1, -0.05) is 25.2 Å². The van der Waals surface area contributed by atoms with Crippen molar-refractivity contribution in [2.24, 2.45) is 5.92 Å². The first-order valence-electron chi connectivity index (χ1n) is 7.71. The monoisotopic (exact) mass is 335 g/mol. The Balaban J connectivity index is 2.01. The van der Waals surface area contributed by atoms with Crippen molar-refractivity contribution in [3.05, 3.63) is 12.1 Å². The highest BCUT2D eigenvalue weighted by Crippen LogP contribution is 2.39. The lowest BCUT2D eigenvalue weighted by molar-refractivity contribution is -0.118. The maximum Gasteiger partial charge on any atom is 0.228 e. The number of thiazole rings is 1. The summed E-state index contributed by atoms with van der Waals surface area (Å²) in [5.74, 6) is 0.608. The maximum absolute atomic E-state index is 11.9. The van der Waals surface area contributed by atoms with Crippen LogP contribution in [0.15, 0.2) is 12.1 Å². The number of amides is 1. The van der Waals surface area contributed by atoms with E-state index in [1.54, 1.807) is 7.11 Å². The number of hydrogen-bond acceptors (Lipinski definition) is 6. The molecule has 0 unspecified atom stereocenters. The zero-order valence-electron chi connectivity index (χ0n) is 13.6. The van der Waals surface area contributed by atoms with E-state index in [0.29, 0.717) is 5.13 Å². The van der Waals surface area contributed by atoms with Crippen LogP contribution in [0.1, 0.15) is 13.8 Å². The molecule has 2 aromatic rings. The highest BCUT2D eigenvalue weighted by atomic mass is 32.1. The van der Waals surface area contributed by atoms with Crippen LogP contribution in [0.25, 0.3) is 10.2 Å². The number of fused-ring (bicyclic) bond motifs is 1. The predicted molar refractivity (Wildman–Crippen MR) is 92.7 cm³/mol. The summed E-state index contributed by atoms with van der Waals surface area (Å²) in [6, 6.07) is 3.99. The third-order valence-electron chi connectivity index (χ3n) is 3.81. The van der Waals surface area contributed by atoms with Gasteiger partial charge in [-0.05, 0) is 12.1 Å². The molecular formula is C16H21N3O3S. The second-order valence-electron chi connectivity index (χ2n) is 5.73. The van der Waals surface area contributed by atoms with E-state index in [1.165, 1.54) is 11.3 Å². The zero-order chi connectivity index (χ0) is 16.4. The quantitative estimate of drug-likeness (QED) is 0.931. The van der Waals surface area contributed by atoms with Gasteiger partial charge >= 0.3 is 0 Å². The van der Waals surface area contributed by atoms with Crippen molar-refractivity contribution in [2.45, 2.75) is 13.8 Å². The molecule has 1 saturated heterocycles. The SMILES string of the molecule is COc1ccc(N2CCOCC2)c2sc(NC(=O)C(C)C)nc12. The first-order chi connectivity index (χ1) is 11.1. The van der Waals surface area contributed by atoms with Crippen LogP contribution in [0, 0.1) is 5.92 Å². The molecule has 0 aliphatic carbocycles. The Labute approximate surface area is 139 Å². The van der Waals surface area contributed by atoms with Crippen molar-refractivity contribution < 1.29 is 14.3 Å². The summed E-state index contributed by atoms with van der Waals surface area (Å²) >= 11 is 1.49. The first kappa shape index (κ1) is 16.0. The minimum Gasteiger partial charge on any atom is -0.494 e. The number of anilines is 2. The standard InChI is InChI=1S/C16H21N3O3S/c1-10(2)15(20)18-16-17-13-12(21-3)5-4-11(14(13)23-16)19-6-8-22-9-7-19/h4-5,10H,6-9H2,1-3H3,(H,17,18,20). The Morgan fingerprint density at radius 3 is 2.78 bits per heavy atom. The summed E-state index contributed by atoms with van der Waals surface area (Å²) < 4.78 is 11.9. The third-order valence-corrected chi connectivity index (χ3v) is 4.81. The Kier molecular flexibility index (Phi) is 4.68. The Morgan fingerprint density at radius 1 is 1.39 bits per heavy atom. The van der Waals surface area contributed by atoms with Gasteiger partial charge in [-0.3, -0.25) is 4.79 Å². The lowest BCUT2D eigenvalue weighted by Gasteiger charge is -2.29. The number of methoxy groups -OCH3 is 1. The maximum atomic E-state index is 11.9. The highest BCUT2D eigenvalue weighted by Gasteiger charge is 2.20. The van der Waals surface area contributed by atoms with Crippen molar-refractivity contribution in [3.8, 4) is 5.75 Å². The van der Waals surface area contributed by atoms with Gasteiger partial charge in [0.05, 0.1) is 30.7 Å². The summed E-state index contributed by atoms with van der Waals surface area (Å²) in [5.41, 5.74) is 1.91. The number of benzene rings is 1. The number of nitrogens with zero attached hydrogens (tertiary/aromatic N) is 2. The Hall–Kier alpha value is -1.86. The average Bonchev–Trinajstić information content (AvgIpc) is 2.98. The van der Waals surface area contributed by atoms with Crippen LogP contribution in [0.4, 0.5) is 10.8 Å². The molecule has 0 bridgehead atoms. The van der Waals surface area contributed by atoms with Gasteiger partial charge < -0.3 is 19.7 Å². The summed E-state index contributed by atoms with van der Waals surface area (Å²) in [7, 11) is 1.63. The molecule has 6 nitrogen and oxygen atoms in total. The number of carbonyl (C=O) groups excluding carboxylic acids is 1. The van der Waals surface area contributed by atoms with Gasteiger partial charge in [-0.2, -0.15) is 0 Å². The van der Waals surface area contributed by atoms with Crippen LogP contribution >= 0.6 is 11.3 Å². The first-order valence-corrected chi connectivity index (χ1v) is 8.53. The summed E-state index contributed by atoms with van der Waals surface area (Å²) in [5, 5.41) is 3.49. The molecule has 1 aromatic heterocycles. The van der Waals surface area contributed by atoms with Crippen LogP contribution in [-0.2, 0) is 9.53 Å². The average molecular weight is 335 g/mol. The molecule has 7 heteroatoms. The van der Waals surface area contributed by atoms with Crippen LogP contribution in [0.3, 0.4) is 0 Å². The molecule has 3 rings (SSSR count). The second kappa shape index (κ2) is 6.72. The fraction of sp³-hybridized carbons (Fsp3) is 0.500. The molecule has 0 saturated carbocycles. The van der Waals surface area contributed by atoms with Crippen molar-refractivity contribution >= 4 is 38.3 Å². The van der Waals surface area contributed by atoms with Crippen molar-refractivity contribution in [2.75, 3.05) is 43.6 Å². The normalized spacial score (nSPS) is 15.2. The van der Waals surface area contributed by atoms with E-state index in [2.05, 4.69) is 21.3 Å². The van der Waals surface area contributed by atoms with Crippen LogP contribution in [-0.4, -0.2) is 44.3 Å². The van der Waals surface area contributed by atoms with E-state index in [4.69, 9.17) is 9.47 Å². The molecule has 1 aliphatic heterocycles. The van der Waals surface area contributed by atoms with E-state index in [1.807, 2.05) is 19.9 Å². The topological polar surface area (TPSA) is 63.7 Å². The zero-order valence-corrected chi connectivity index (χ0v) is 14.4. The van der Waals surface area contributed by atoms with Crippen molar-refractivity contribution in [1.29, 1.82) is 0 Å². The van der Waals surface area contributed by atoms with E-state index >= 15 is 0 Å². The molecule has 1 fully saturated rings. The Morgan fingerprint density at radius 2 is 2.13 bits per heavy atom. The number of ether oxygens (including phenoxy) is 2. The molecule has 1 aliphatic rings. The van der Waals surface area contributed by atoms with Crippen LogP contribution in [0.2, 0.25) is 0 Å². The van der Waals surface area contributed by atoms with Gasteiger partial charge in [0.25, 0.3) is 0 Å². The molecule has 1 aromatic carbocycles. The lowest BCUT2D eigenvalue weighted by atomic mass is 10.2. The van der Waals surface area contributed by atoms with Gasteiger partial charge in [0.1, 0.15) is 11.3 Å². The van der Waals surface area contributed by atoms with Gasteiger partial charge in [0, 0.05) is 19.0 Å². The number of hydrogen-bond donors (Lipinski definition) is 1. The fourth-order valence-electron chi connectivity index (χ4n) is 2.49. The predicted octanol–water partition coefficient (Wildman–Crippen LogP) is 2.74. The van der Waals surface area contributed by atoms with Crippen LogP contribution in [0.5, 0.6) is 5.75 Å². The molecule has 1 amide bonds. The smallest absolute Gasteiger partial charge is 0.228 e. The lowest BCUT2D eigenvalue weighted by Crippen LogP contribution is -2.36. The van der Waals surface area contributed by atoms with Gasteiger partial charge in [-0.25, -0.2) is 4.98 Å². The number of carbonyl (C=O) groups is 1. The summed E-state index contributed by atoms with van der Waals surface area (Å²) in [4.78, 5) is 18.8. The molecule has 0 radical (unpaired) electrons. The molecule has 124 valence electrons. The summed E-state index contributed by atoms with van der Waals surface area (Å²) in [6.45, 7) is 6.89. The largest absolute Gasteiger partial charge is 0.494 e. The number of nitrogens with one attached hydrogen (secondary N) is 1. The summed E-state index contributed by atoms with van der Waals surface area (Å²) in [6.07, 6.45) is 0. The van der Waals surface area contributed by atoms with Crippen molar-refractivity contribution in [3.63, 3.8) is 0 Å². The van der Waals surface area contributed by atoms with E-state index in [-0.39, 0.29) is 11.8 Å². The van der Waals surface area contributed by atoms with Gasteiger partial charge in [0.15, 0.2) is 5.13 Å². The van der Waals surface area contributed by atoms with E-state index < -0.39 is 0 Å². The van der Waals surface area contributed by atoms with Crippen molar-refractivity contribution in [1.82, 2.24) is 4.98 Å².